The van der Waals surface area contributed by atoms with Gasteiger partial charge in [0, 0.05) is 16.1 Å². The van der Waals surface area contributed by atoms with Crippen LogP contribution < -0.4 is 0 Å². The fraction of sp³-hybridized carbons (Fsp3) is 0.333. The SMILES string of the molecule is CC1=Cc2ccccc2C1(CBr)CBr. The van der Waals surface area contributed by atoms with E-state index in [1.54, 1.807) is 0 Å². The maximum absolute atomic E-state index is 3.63. The first-order chi connectivity index (χ1) is 6.74. The second-order valence-corrected chi connectivity index (χ2v) is 4.89. The van der Waals surface area contributed by atoms with Crippen molar-refractivity contribution < 1.29 is 0 Å². The van der Waals surface area contributed by atoms with Gasteiger partial charge in [0.05, 0.1) is 0 Å². The lowest BCUT2D eigenvalue weighted by atomic mass is 9.82. The van der Waals surface area contributed by atoms with E-state index in [9.17, 15) is 0 Å². The van der Waals surface area contributed by atoms with E-state index >= 15 is 0 Å². The molecule has 2 rings (SSSR count). The molecule has 0 spiro atoms. The Balaban J connectivity index is 2.60. The lowest BCUT2D eigenvalue weighted by molar-refractivity contribution is 0.674. The highest BCUT2D eigenvalue weighted by atomic mass is 79.9. The molecule has 74 valence electrons. The van der Waals surface area contributed by atoms with E-state index in [1.807, 2.05) is 0 Å². The summed E-state index contributed by atoms with van der Waals surface area (Å²) in [5.74, 6) is 0. The number of hydrogen-bond donors (Lipinski definition) is 0. The Morgan fingerprint density at radius 2 is 1.79 bits per heavy atom. The lowest BCUT2D eigenvalue weighted by Gasteiger charge is -2.28. The van der Waals surface area contributed by atoms with Crippen LogP contribution in [0.25, 0.3) is 6.08 Å². The van der Waals surface area contributed by atoms with Crippen LogP contribution in [0.5, 0.6) is 0 Å². The minimum Gasteiger partial charge on any atom is -0.0915 e. The quantitative estimate of drug-likeness (QED) is 0.720. The molecule has 0 radical (unpaired) electrons. The summed E-state index contributed by atoms with van der Waals surface area (Å²) in [5.41, 5.74) is 4.40. The van der Waals surface area contributed by atoms with Gasteiger partial charge >= 0.3 is 0 Å². The van der Waals surface area contributed by atoms with Crippen LogP contribution in [0.1, 0.15) is 18.1 Å². The summed E-state index contributed by atoms with van der Waals surface area (Å²) in [4.78, 5) is 0. The van der Waals surface area contributed by atoms with Crippen LogP contribution >= 0.6 is 31.9 Å². The van der Waals surface area contributed by atoms with Crippen LogP contribution in [0.2, 0.25) is 0 Å². The predicted molar refractivity (Wildman–Crippen MR) is 69.4 cm³/mol. The van der Waals surface area contributed by atoms with Crippen LogP contribution in [-0.4, -0.2) is 10.7 Å². The Morgan fingerprint density at radius 1 is 1.14 bits per heavy atom. The summed E-state index contributed by atoms with van der Waals surface area (Å²) in [6.45, 7) is 2.21. The Kier molecular flexibility index (Phi) is 2.85. The van der Waals surface area contributed by atoms with E-state index in [2.05, 4.69) is 69.1 Å². The van der Waals surface area contributed by atoms with Crippen molar-refractivity contribution in [3.05, 3.63) is 41.0 Å². The molecule has 0 N–H and O–H groups in total. The molecule has 2 heteroatoms. The first kappa shape index (κ1) is 10.4. The van der Waals surface area contributed by atoms with Crippen molar-refractivity contribution in [3.63, 3.8) is 0 Å². The second-order valence-electron chi connectivity index (χ2n) is 3.76. The van der Waals surface area contributed by atoms with Crippen molar-refractivity contribution in [2.75, 3.05) is 10.7 Å². The number of halogens is 2. The molecular formula is C12H12Br2. The van der Waals surface area contributed by atoms with E-state index in [1.165, 1.54) is 16.7 Å². The maximum atomic E-state index is 3.63. The Morgan fingerprint density at radius 3 is 2.43 bits per heavy atom. The number of allylic oxidation sites excluding steroid dienone is 1. The van der Waals surface area contributed by atoms with E-state index in [-0.39, 0.29) is 5.41 Å². The molecule has 1 aromatic rings. The third-order valence-corrected chi connectivity index (χ3v) is 4.97. The largest absolute Gasteiger partial charge is 0.0915 e. The van der Waals surface area contributed by atoms with E-state index in [4.69, 9.17) is 0 Å². The first-order valence-corrected chi connectivity index (χ1v) is 6.89. The zero-order valence-electron chi connectivity index (χ0n) is 8.06. The van der Waals surface area contributed by atoms with Gasteiger partial charge in [-0.3, -0.25) is 0 Å². The number of benzene rings is 1. The Hall–Kier alpha value is -0.0800. The zero-order valence-corrected chi connectivity index (χ0v) is 11.2. The van der Waals surface area contributed by atoms with Crippen molar-refractivity contribution >= 4 is 37.9 Å². The topological polar surface area (TPSA) is 0 Å². The molecule has 0 saturated heterocycles. The highest BCUT2D eigenvalue weighted by molar-refractivity contribution is 9.09. The Labute approximate surface area is 102 Å². The summed E-state index contributed by atoms with van der Waals surface area (Å²) in [6, 6.07) is 8.63. The molecule has 0 aromatic heterocycles. The molecule has 14 heavy (non-hydrogen) atoms. The summed E-state index contributed by atoms with van der Waals surface area (Å²) in [7, 11) is 0. The van der Waals surface area contributed by atoms with Gasteiger partial charge in [-0.1, -0.05) is 67.8 Å². The zero-order chi connectivity index (χ0) is 10.2. The fourth-order valence-electron chi connectivity index (χ4n) is 2.03. The first-order valence-electron chi connectivity index (χ1n) is 4.65. The highest BCUT2D eigenvalue weighted by Gasteiger charge is 2.37. The lowest BCUT2D eigenvalue weighted by Crippen LogP contribution is -2.29. The van der Waals surface area contributed by atoms with Crippen molar-refractivity contribution in [1.29, 1.82) is 0 Å². The molecule has 0 heterocycles. The average Bonchev–Trinajstić information content (AvgIpc) is 2.50. The van der Waals surface area contributed by atoms with Gasteiger partial charge in [0.2, 0.25) is 0 Å². The molecule has 0 nitrogen and oxygen atoms in total. The van der Waals surface area contributed by atoms with Crippen LogP contribution in [0.4, 0.5) is 0 Å². The van der Waals surface area contributed by atoms with E-state index < -0.39 is 0 Å². The van der Waals surface area contributed by atoms with Crippen LogP contribution in [-0.2, 0) is 5.41 Å². The molecule has 1 aliphatic carbocycles. The van der Waals surface area contributed by atoms with Crippen LogP contribution in [0.15, 0.2) is 29.8 Å². The van der Waals surface area contributed by atoms with E-state index in [0.29, 0.717) is 0 Å². The molecule has 0 atom stereocenters. The number of hydrogen-bond acceptors (Lipinski definition) is 0. The standard InChI is InChI=1S/C12H12Br2/c1-9-6-10-4-2-3-5-11(10)12(9,7-13)8-14/h2-6H,7-8H2,1H3. The monoisotopic (exact) mass is 314 g/mol. The highest BCUT2D eigenvalue weighted by Crippen LogP contribution is 2.43. The smallest absolute Gasteiger partial charge is 0.0361 e. The number of rotatable bonds is 2. The summed E-state index contributed by atoms with van der Waals surface area (Å²) < 4.78 is 0. The van der Waals surface area contributed by atoms with Crippen LogP contribution in [0.3, 0.4) is 0 Å². The third kappa shape index (κ3) is 1.31. The summed E-state index contributed by atoms with van der Waals surface area (Å²) in [6.07, 6.45) is 2.29. The third-order valence-electron chi connectivity index (χ3n) is 3.06. The minimum absolute atomic E-state index is 0.163. The summed E-state index contributed by atoms with van der Waals surface area (Å²) >= 11 is 7.27. The van der Waals surface area contributed by atoms with Gasteiger partial charge in [-0.05, 0) is 18.1 Å². The number of alkyl halides is 2. The van der Waals surface area contributed by atoms with Gasteiger partial charge < -0.3 is 0 Å². The summed E-state index contributed by atoms with van der Waals surface area (Å²) in [5, 5.41) is 1.95. The Bertz CT molecular complexity index is 376. The van der Waals surface area contributed by atoms with Gasteiger partial charge in [-0.2, -0.15) is 0 Å². The van der Waals surface area contributed by atoms with Crippen molar-refractivity contribution in [2.45, 2.75) is 12.3 Å². The second kappa shape index (κ2) is 3.82. The maximum Gasteiger partial charge on any atom is 0.0361 e. The predicted octanol–water partition coefficient (Wildman–Crippen LogP) is 4.13. The molecular weight excluding hydrogens is 304 g/mol. The average molecular weight is 316 g/mol. The van der Waals surface area contributed by atoms with Gasteiger partial charge in [-0.15, -0.1) is 0 Å². The van der Waals surface area contributed by atoms with E-state index in [0.717, 1.165) is 10.7 Å². The normalized spacial score (nSPS) is 17.8. The molecule has 0 bridgehead atoms. The van der Waals surface area contributed by atoms with Gasteiger partial charge in [0.15, 0.2) is 0 Å². The molecule has 1 aliphatic rings. The van der Waals surface area contributed by atoms with Gasteiger partial charge in [-0.25, -0.2) is 0 Å². The van der Waals surface area contributed by atoms with Crippen LogP contribution in [0, 0.1) is 0 Å². The van der Waals surface area contributed by atoms with Gasteiger partial charge in [0.25, 0.3) is 0 Å². The molecule has 0 amide bonds. The van der Waals surface area contributed by atoms with Crippen molar-refractivity contribution in [1.82, 2.24) is 0 Å². The van der Waals surface area contributed by atoms with Crippen molar-refractivity contribution in [3.8, 4) is 0 Å². The van der Waals surface area contributed by atoms with Crippen molar-refractivity contribution in [2.24, 2.45) is 0 Å². The van der Waals surface area contributed by atoms with Gasteiger partial charge in [0.1, 0.15) is 0 Å². The molecule has 0 saturated carbocycles. The number of fused-ring (bicyclic) bond motifs is 1. The molecule has 0 unspecified atom stereocenters. The molecule has 0 aliphatic heterocycles. The minimum atomic E-state index is 0.163. The fourth-order valence-corrected chi connectivity index (χ4v) is 4.45. The molecule has 0 fully saturated rings. The molecule has 1 aromatic carbocycles.